The third kappa shape index (κ3) is 3.06. The van der Waals surface area contributed by atoms with Crippen LogP contribution in [0.4, 0.5) is 0 Å². The molecule has 0 aliphatic heterocycles. The average molecular weight is 319 g/mol. The number of ether oxygens (including phenoxy) is 1. The zero-order valence-corrected chi connectivity index (χ0v) is 13.2. The standard InChI is InChI=1S/C13H13N5OS2/c1-9-14-10(7-20-9)8-21-13-15-16-17-18(13)11-5-3-4-6-12(11)19-2/h3-7H,8H2,1-2H3. The van der Waals surface area contributed by atoms with E-state index in [1.54, 1.807) is 34.9 Å². The number of methoxy groups -OCH3 is 1. The lowest BCUT2D eigenvalue weighted by Gasteiger charge is -2.08. The van der Waals surface area contributed by atoms with Crippen molar-refractivity contribution in [2.24, 2.45) is 0 Å². The van der Waals surface area contributed by atoms with Crippen LogP contribution in [0.5, 0.6) is 5.75 Å². The van der Waals surface area contributed by atoms with Crippen LogP contribution in [-0.2, 0) is 5.75 Å². The van der Waals surface area contributed by atoms with Crippen LogP contribution in [0.25, 0.3) is 5.69 Å². The minimum absolute atomic E-state index is 0.713. The van der Waals surface area contributed by atoms with Gasteiger partial charge in [0.2, 0.25) is 5.16 Å². The second-order valence-electron chi connectivity index (χ2n) is 4.19. The lowest BCUT2D eigenvalue weighted by molar-refractivity contribution is 0.410. The number of nitrogens with zero attached hydrogens (tertiary/aromatic N) is 5. The first-order valence-corrected chi connectivity index (χ1v) is 8.10. The summed E-state index contributed by atoms with van der Waals surface area (Å²) >= 11 is 3.19. The average Bonchev–Trinajstić information content (AvgIpc) is 3.13. The molecule has 0 bridgehead atoms. The van der Waals surface area contributed by atoms with Crippen LogP contribution in [0.3, 0.4) is 0 Å². The Morgan fingerprint density at radius 2 is 2.19 bits per heavy atom. The third-order valence-electron chi connectivity index (χ3n) is 2.77. The van der Waals surface area contributed by atoms with E-state index < -0.39 is 0 Å². The van der Waals surface area contributed by atoms with Crippen LogP contribution in [-0.4, -0.2) is 32.3 Å². The van der Waals surface area contributed by atoms with Gasteiger partial charge in [-0.1, -0.05) is 23.9 Å². The number of benzene rings is 1. The first kappa shape index (κ1) is 14.0. The SMILES string of the molecule is COc1ccccc1-n1nnnc1SCc1csc(C)n1. The van der Waals surface area contributed by atoms with Crippen molar-refractivity contribution in [1.29, 1.82) is 0 Å². The Balaban J connectivity index is 1.83. The van der Waals surface area contributed by atoms with Crippen LogP contribution < -0.4 is 4.74 Å². The zero-order chi connectivity index (χ0) is 14.7. The van der Waals surface area contributed by atoms with Crippen LogP contribution >= 0.6 is 23.1 Å². The van der Waals surface area contributed by atoms with Crippen LogP contribution in [0.15, 0.2) is 34.8 Å². The number of tetrazole rings is 1. The van der Waals surface area contributed by atoms with Gasteiger partial charge in [0.1, 0.15) is 11.4 Å². The lowest BCUT2D eigenvalue weighted by atomic mass is 10.3. The van der Waals surface area contributed by atoms with Gasteiger partial charge in [-0.15, -0.1) is 16.4 Å². The fraction of sp³-hybridized carbons (Fsp3) is 0.231. The molecule has 0 atom stereocenters. The molecule has 0 spiro atoms. The molecule has 0 aliphatic carbocycles. The van der Waals surface area contributed by atoms with Crippen molar-refractivity contribution in [3.05, 3.63) is 40.3 Å². The number of thiazole rings is 1. The quantitative estimate of drug-likeness (QED) is 0.674. The molecular weight excluding hydrogens is 306 g/mol. The highest BCUT2D eigenvalue weighted by molar-refractivity contribution is 7.98. The molecule has 108 valence electrons. The predicted octanol–water partition coefficient (Wildman–Crippen LogP) is 2.73. The van der Waals surface area contributed by atoms with E-state index in [-0.39, 0.29) is 0 Å². The summed E-state index contributed by atoms with van der Waals surface area (Å²) in [6, 6.07) is 7.65. The Kier molecular flexibility index (Phi) is 4.16. The van der Waals surface area contributed by atoms with E-state index in [9.17, 15) is 0 Å². The Labute approximate surface area is 130 Å². The summed E-state index contributed by atoms with van der Waals surface area (Å²) in [4.78, 5) is 4.44. The van der Waals surface area contributed by atoms with Gasteiger partial charge in [-0.25, -0.2) is 4.98 Å². The molecule has 21 heavy (non-hydrogen) atoms. The molecule has 3 rings (SSSR count). The van der Waals surface area contributed by atoms with Crippen molar-refractivity contribution in [2.45, 2.75) is 17.8 Å². The third-order valence-corrected chi connectivity index (χ3v) is 4.55. The molecule has 3 aromatic rings. The van der Waals surface area contributed by atoms with Crippen molar-refractivity contribution in [1.82, 2.24) is 25.2 Å². The molecule has 2 aromatic heterocycles. The van der Waals surface area contributed by atoms with Crippen molar-refractivity contribution < 1.29 is 4.74 Å². The minimum atomic E-state index is 0.713. The second kappa shape index (κ2) is 6.23. The Morgan fingerprint density at radius 1 is 1.33 bits per heavy atom. The highest BCUT2D eigenvalue weighted by atomic mass is 32.2. The van der Waals surface area contributed by atoms with Crippen LogP contribution in [0.2, 0.25) is 0 Å². The van der Waals surface area contributed by atoms with E-state index in [1.807, 2.05) is 31.2 Å². The van der Waals surface area contributed by atoms with E-state index >= 15 is 0 Å². The Morgan fingerprint density at radius 3 is 2.95 bits per heavy atom. The van der Waals surface area contributed by atoms with Crippen molar-refractivity contribution in [2.75, 3.05) is 7.11 Å². The Hall–Kier alpha value is -1.93. The normalized spacial score (nSPS) is 10.8. The summed E-state index contributed by atoms with van der Waals surface area (Å²) < 4.78 is 7.04. The lowest BCUT2D eigenvalue weighted by Crippen LogP contribution is -2.01. The number of aromatic nitrogens is 5. The maximum atomic E-state index is 5.35. The van der Waals surface area contributed by atoms with Gasteiger partial charge in [-0.05, 0) is 29.5 Å². The van der Waals surface area contributed by atoms with Gasteiger partial charge in [0.05, 0.1) is 17.8 Å². The largest absolute Gasteiger partial charge is 0.494 e. The molecule has 0 aliphatic rings. The molecule has 0 radical (unpaired) electrons. The molecule has 0 saturated carbocycles. The number of aryl methyl sites for hydroxylation is 1. The van der Waals surface area contributed by atoms with Gasteiger partial charge < -0.3 is 4.74 Å². The highest BCUT2D eigenvalue weighted by Gasteiger charge is 2.13. The second-order valence-corrected chi connectivity index (χ2v) is 6.20. The summed E-state index contributed by atoms with van der Waals surface area (Å²) in [7, 11) is 1.63. The number of thioether (sulfide) groups is 1. The van der Waals surface area contributed by atoms with Crippen molar-refractivity contribution in [3.63, 3.8) is 0 Å². The Bertz CT molecular complexity index is 740. The molecule has 1 aromatic carbocycles. The molecule has 0 amide bonds. The van der Waals surface area contributed by atoms with Crippen LogP contribution in [0.1, 0.15) is 10.7 Å². The summed E-state index contributed by atoms with van der Waals surface area (Å²) in [6.07, 6.45) is 0. The number of rotatable bonds is 5. The highest BCUT2D eigenvalue weighted by Crippen LogP contribution is 2.27. The zero-order valence-electron chi connectivity index (χ0n) is 11.6. The summed E-state index contributed by atoms with van der Waals surface area (Å²) in [5.41, 5.74) is 1.86. The molecular formula is C13H13N5OS2. The van der Waals surface area contributed by atoms with Crippen molar-refractivity contribution in [3.8, 4) is 11.4 Å². The van der Waals surface area contributed by atoms with E-state index in [0.717, 1.165) is 27.9 Å². The molecule has 6 nitrogen and oxygen atoms in total. The fourth-order valence-electron chi connectivity index (χ4n) is 1.84. The summed E-state index contributed by atoms with van der Waals surface area (Å²) in [5, 5.41) is 15.7. The van der Waals surface area contributed by atoms with Crippen molar-refractivity contribution >= 4 is 23.1 Å². The van der Waals surface area contributed by atoms with Gasteiger partial charge in [-0.3, -0.25) is 0 Å². The predicted molar refractivity (Wildman–Crippen MR) is 82.1 cm³/mol. The number of para-hydroxylation sites is 2. The molecule has 0 N–H and O–H groups in total. The summed E-state index contributed by atoms with van der Waals surface area (Å²) in [5.74, 6) is 1.47. The summed E-state index contributed by atoms with van der Waals surface area (Å²) in [6.45, 7) is 2.00. The fourth-order valence-corrected chi connectivity index (χ4v) is 3.33. The van der Waals surface area contributed by atoms with Gasteiger partial charge in [0.25, 0.3) is 0 Å². The van der Waals surface area contributed by atoms with Crippen LogP contribution in [0, 0.1) is 6.92 Å². The first-order chi connectivity index (χ1) is 10.3. The number of hydrogen-bond acceptors (Lipinski definition) is 7. The maximum absolute atomic E-state index is 5.35. The molecule has 2 heterocycles. The van der Waals surface area contributed by atoms with Gasteiger partial charge >= 0.3 is 0 Å². The minimum Gasteiger partial charge on any atom is -0.494 e. The van der Waals surface area contributed by atoms with Gasteiger partial charge in [-0.2, -0.15) is 4.68 Å². The monoisotopic (exact) mass is 319 g/mol. The molecule has 0 saturated heterocycles. The smallest absolute Gasteiger partial charge is 0.214 e. The molecule has 0 unspecified atom stereocenters. The maximum Gasteiger partial charge on any atom is 0.214 e. The van der Waals surface area contributed by atoms with E-state index in [0.29, 0.717) is 5.16 Å². The molecule has 8 heteroatoms. The van der Waals surface area contributed by atoms with Gasteiger partial charge in [0.15, 0.2) is 0 Å². The van der Waals surface area contributed by atoms with E-state index in [4.69, 9.17) is 4.74 Å². The topological polar surface area (TPSA) is 65.7 Å². The van der Waals surface area contributed by atoms with E-state index in [1.165, 1.54) is 0 Å². The first-order valence-electron chi connectivity index (χ1n) is 6.23. The van der Waals surface area contributed by atoms with E-state index in [2.05, 4.69) is 25.9 Å². The number of hydrogen-bond donors (Lipinski definition) is 0. The van der Waals surface area contributed by atoms with Gasteiger partial charge in [0, 0.05) is 11.1 Å². The molecule has 0 fully saturated rings.